The molecule has 0 aliphatic carbocycles. The van der Waals surface area contributed by atoms with Gasteiger partial charge < -0.3 is 23.9 Å². The second-order valence-corrected chi connectivity index (χ2v) is 9.74. The van der Waals surface area contributed by atoms with Gasteiger partial charge in [-0.1, -0.05) is 35.9 Å². The molecule has 0 spiro atoms. The minimum absolute atomic E-state index is 0.00144. The summed E-state index contributed by atoms with van der Waals surface area (Å²) in [4.78, 5) is 28.6. The molecule has 0 bridgehead atoms. The van der Waals surface area contributed by atoms with Crippen LogP contribution in [-0.2, 0) is 11.3 Å². The van der Waals surface area contributed by atoms with Crippen LogP contribution in [0.3, 0.4) is 0 Å². The number of fused-ring (bicyclic) bond motifs is 1. The summed E-state index contributed by atoms with van der Waals surface area (Å²) in [5.74, 6) is -0.575. The number of ketones is 1. The average Bonchev–Trinajstić information content (AvgIpc) is 3.43. The molecule has 1 aromatic heterocycles. The minimum atomic E-state index is -0.867. The van der Waals surface area contributed by atoms with E-state index in [0.717, 1.165) is 5.56 Å². The van der Waals surface area contributed by atoms with E-state index in [0.29, 0.717) is 33.1 Å². The molecule has 4 aromatic rings. The van der Waals surface area contributed by atoms with Gasteiger partial charge in [-0.3, -0.25) is 9.59 Å². The van der Waals surface area contributed by atoms with Gasteiger partial charge in [0, 0.05) is 17.0 Å². The van der Waals surface area contributed by atoms with Crippen LogP contribution in [-0.4, -0.2) is 34.9 Å². The van der Waals surface area contributed by atoms with Crippen LogP contribution < -0.4 is 9.47 Å². The van der Waals surface area contributed by atoms with Crippen LogP contribution in [0.1, 0.15) is 41.6 Å². The van der Waals surface area contributed by atoms with Gasteiger partial charge in [0.05, 0.1) is 24.8 Å². The zero-order valence-corrected chi connectivity index (χ0v) is 21.9. The van der Waals surface area contributed by atoms with E-state index in [9.17, 15) is 14.7 Å². The monoisotopic (exact) mass is 531 g/mol. The number of amides is 1. The van der Waals surface area contributed by atoms with Gasteiger partial charge in [-0.15, -0.1) is 0 Å². The van der Waals surface area contributed by atoms with Crippen LogP contribution in [0.4, 0.5) is 0 Å². The summed E-state index contributed by atoms with van der Waals surface area (Å²) in [6.45, 7) is 4.04. The Hall–Kier alpha value is -4.23. The molecule has 1 aliphatic rings. The third-order valence-electron chi connectivity index (χ3n) is 6.31. The molecular weight excluding hydrogens is 506 g/mol. The number of carbonyl (C=O) groups excluding carboxylic acids is 2. The molecule has 194 valence electrons. The predicted octanol–water partition coefficient (Wildman–Crippen LogP) is 6.66. The fourth-order valence-electron chi connectivity index (χ4n) is 4.61. The van der Waals surface area contributed by atoms with E-state index < -0.39 is 23.5 Å². The third kappa shape index (κ3) is 4.85. The number of hydrogen-bond acceptors (Lipinski definition) is 6. The average molecular weight is 532 g/mol. The molecule has 2 heterocycles. The van der Waals surface area contributed by atoms with Crippen LogP contribution in [0.25, 0.3) is 11.0 Å². The van der Waals surface area contributed by atoms with Gasteiger partial charge >= 0.3 is 0 Å². The second kappa shape index (κ2) is 10.3. The summed E-state index contributed by atoms with van der Waals surface area (Å²) in [6.07, 6.45) is 0.0300. The van der Waals surface area contributed by atoms with Gasteiger partial charge in [-0.05, 0) is 73.5 Å². The lowest BCUT2D eigenvalue weighted by molar-refractivity contribution is -0.130. The van der Waals surface area contributed by atoms with Crippen LogP contribution in [0, 0.1) is 0 Å². The van der Waals surface area contributed by atoms with Gasteiger partial charge in [-0.25, -0.2) is 0 Å². The van der Waals surface area contributed by atoms with Crippen molar-refractivity contribution < 1.29 is 28.6 Å². The molecule has 0 radical (unpaired) electrons. The number of ether oxygens (including phenoxy) is 2. The number of aliphatic hydroxyl groups excluding tert-OH is 1. The first-order chi connectivity index (χ1) is 18.2. The molecule has 1 unspecified atom stereocenters. The Morgan fingerprint density at radius 3 is 2.53 bits per heavy atom. The van der Waals surface area contributed by atoms with Crippen molar-refractivity contribution in [2.45, 2.75) is 32.5 Å². The Bertz CT molecular complexity index is 1550. The van der Waals surface area contributed by atoms with Crippen LogP contribution >= 0.6 is 11.6 Å². The highest BCUT2D eigenvalue weighted by atomic mass is 35.5. The Morgan fingerprint density at radius 2 is 1.82 bits per heavy atom. The van der Waals surface area contributed by atoms with Gasteiger partial charge in [-0.2, -0.15) is 0 Å². The van der Waals surface area contributed by atoms with Gasteiger partial charge in [0.25, 0.3) is 5.91 Å². The molecular formula is C30H26ClNO6. The summed E-state index contributed by atoms with van der Waals surface area (Å²) in [6, 6.07) is 20.2. The van der Waals surface area contributed by atoms with Gasteiger partial charge in [0.1, 0.15) is 17.1 Å². The van der Waals surface area contributed by atoms with Crippen molar-refractivity contribution in [1.82, 2.24) is 4.90 Å². The Kier molecular flexibility index (Phi) is 6.87. The van der Waals surface area contributed by atoms with Crippen molar-refractivity contribution in [2.24, 2.45) is 0 Å². The number of methoxy groups -OCH3 is 1. The molecule has 7 nitrogen and oxygen atoms in total. The normalized spacial score (nSPS) is 15.6. The molecule has 1 N–H and O–H groups in total. The number of Topliss-reactive ketones (excluding diaryl/α,β-unsaturated/α-hetero) is 1. The standard InChI is InChI=1S/C30H26ClNO6/c1-17(2)37-22-10-7-18(8-11-22)16-32-27(19-5-4-6-23(14-19)36-3)26(29(34)30(32)35)28(33)25-15-20-13-21(31)9-12-24(20)38-25/h4-15,17,27,34H,16H2,1-3H3. The zero-order valence-electron chi connectivity index (χ0n) is 21.1. The maximum absolute atomic E-state index is 13.8. The molecule has 5 rings (SSSR count). The quantitative estimate of drug-likeness (QED) is 0.256. The molecule has 1 atom stereocenters. The van der Waals surface area contributed by atoms with Crippen molar-refractivity contribution >= 4 is 34.3 Å². The molecule has 1 amide bonds. The number of furan rings is 1. The molecule has 0 saturated carbocycles. The first kappa shape index (κ1) is 25.4. The SMILES string of the molecule is COc1cccc(C2C(C(=O)c3cc4cc(Cl)ccc4o3)=C(O)C(=O)N2Cc2ccc(OC(C)C)cc2)c1. The minimum Gasteiger partial charge on any atom is -0.503 e. The van der Waals surface area contributed by atoms with Crippen molar-refractivity contribution in [1.29, 1.82) is 0 Å². The zero-order chi connectivity index (χ0) is 27.0. The molecule has 0 fully saturated rings. The number of rotatable bonds is 8. The van der Waals surface area contributed by atoms with Gasteiger partial charge in [0.15, 0.2) is 11.5 Å². The van der Waals surface area contributed by atoms with E-state index in [-0.39, 0.29) is 24.0 Å². The number of halogens is 1. The molecule has 1 aliphatic heterocycles. The maximum Gasteiger partial charge on any atom is 0.290 e. The first-order valence-corrected chi connectivity index (χ1v) is 12.5. The lowest BCUT2D eigenvalue weighted by Crippen LogP contribution is -2.30. The number of aliphatic hydroxyl groups is 1. The number of carbonyl (C=O) groups is 2. The summed E-state index contributed by atoms with van der Waals surface area (Å²) in [7, 11) is 1.54. The Morgan fingerprint density at radius 1 is 1.05 bits per heavy atom. The summed E-state index contributed by atoms with van der Waals surface area (Å²) in [5.41, 5.74) is 1.83. The van der Waals surface area contributed by atoms with E-state index in [4.69, 9.17) is 25.5 Å². The largest absolute Gasteiger partial charge is 0.503 e. The van der Waals surface area contributed by atoms with Crippen molar-refractivity contribution in [3.8, 4) is 11.5 Å². The second-order valence-electron chi connectivity index (χ2n) is 9.31. The topological polar surface area (TPSA) is 89.2 Å². The highest BCUT2D eigenvalue weighted by Crippen LogP contribution is 2.41. The first-order valence-electron chi connectivity index (χ1n) is 12.1. The summed E-state index contributed by atoms with van der Waals surface area (Å²) in [5, 5.41) is 12.2. The molecule has 38 heavy (non-hydrogen) atoms. The molecule has 0 saturated heterocycles. The van der Waals surface area contributed by atoms with E-state index >= 15 is 0 Å². The van der Waals surface area contributed by atoms with Crippen LogP contribution in [0.2, 0.25) is 5.02 Å². The number of benzene rings is 3. The molecule has 8 heteroatoms. The van der Waals surface area contributed by atoms with E-state index in [2.05, 4.69) is 0 Å². The van der Waals surface area contributed by atoms with Crippen LogP contribution in [0.15, 0.2) is 88.5 Å². The lowest BCUT2D eigenvalue weighted by atomic mass is 9.94. The van der Waals surface area contributed by atoms with Crippen LogP contribution in [0.5, 0.6) is 11.5 Å². The molecule has 3 aromatic carbocycles. The van der Waals surface area contributed by atoms with E-state index in [1.165, 1.54) is 12.0 Å². The lowest BCUT2D eigenvalue weighted by Gasteiger charge is -2.27. The smallest absolute Gasteiger partial charge is 0.290 e. The van der Waals surface area contributed by atoms with E-state index in [1.807, 2.05) is 38.1 Å². The highest BCUT2D eigenvalue weighted by Gasteiger charge is 2.44. The van der Waals surface area contributed by atoms with Gasteiger partial charge in [0.2, 0.25) is 5.78 Å². The van der Waals surface area contributed by atoms with E-state index in [1.54, 1.807) is 48.5 Å². The number of nitrogens with zero attached hydrogens (tertiary/aromatic N) is 1. The summed E-state index contributed by atoms with van der Waals surface area (Å²) < 4.78 is 16.9. The van der Waals surface area contributed by atoms with Crippen molar-refractivity contribution in [2.75, 3.05) is 7.11 Å². The number of hydrogen-bond donors (Lipinski definition) is 1. The highest BCUT2D eigenvalue weighted by molar-refractivity contribution is 6.31. The fourth-order valence-corrected chi connectivity index (χ4v) is 4.79. The fraction of sp³-hybridized carbons (Fsp3) is 0.200. The Labute approximate surface area is 224 Å². The Balaban J connectivity index is 1.55. The van der Waals surface area contributed by atoms with Crippen molar-refractivity contribution in [3.63, 3.8) is 0 Å². The van der Waals surface area contributed by atoms with Crippen molar-refractivity contribution in [3.05, 3.63) is 106 Å². The predicted molar refractivity (Wildman–Crippen MR) is 144 cm³/mol. The third-order valence-corrected chi connectivity index (χ3v) is 6.54. The maximum atomic E-state index is 13.8. The summed E-state index contributed by atoms with van der Waals surface area (Å²) >= 11 is 6.09.